The SMILES string of the molecule is CC(Nc1cc(F)cc(C#N)c1)C1CCC1. The smallest absolute Gasteiger partial charge is 0.126 e. The first-order valence-electron chi connectivity index (χ1n) is 5.66. The Morgan fingerprint density at radius 3 is 2.75 bits per heavy atom. The van der Waals surface area contributed by atoms with Crippen LogP contribution in [0.2, 0.25) is 0 Å². The van der Waals surface area contributed by atoms with Gasteiger partial charge in [0.25, 0.3) is 0 Å². The largest absolute Gasteiger partial charge is 0.382 e. The molecular formula is C13H15FN2. The first-order chi connectivity index (χ1) is 7.69. The quantitative estimate of drug-likeness (QED) is 0.845. The molecule has 16 heavy (non-hydrogen) atoms. The lowest BCUT2D eigenvalue weighted by atomic mass is 9.80. The highest BCUT2D eigenvalue weighted by Crippen LogP contribution is 2.31. The molecule has 0 amide bonds. The van der Waals surface area contributed by atoms with E-state index in [-0.39, 0.29) is 5.82 Å². The fourth-order valence-electron chi connectivity index (χ4n) is 2.06. The van der Waals surface area contributed by atoms with Gasteiger partial charge in [-0.05, 0) is 43.9 Å². The van der Waals surface area contributed by atoms with E-state index in [1.165, 1.54) is 31.4 Å². The highest BCUT2D eigenvalue weighted by molar-refractivity contribution is 5.50. The zero-order valence-electron chi connectivity index (χ0n) is 9.33. The average molecular weight is 218 g/mol. The summed E-state index contributed by atoms with van der Waals surface area (Å²) >= 11 is 0. The molecule has 1 N–H and O–H groups in total. The lowest BCUT2D eigenvalue weighted by molar-refractivity contribution is 0.285. The van der Waals surface area contributed by atoms with Crippen molar-refractivity contribution < 1.29 is 4.39 Å². The second-order valence-electron chi connectivity index (χ2n) is 4.46. The van der Waals surface area contributed by atoms with Crippen molar-refractivity contribution in [2.24, 2.45) is 5.92 Å². The molecule has 1 aromatic rings. The van der Waals surface area contributed by atoms with E-state index in [0.29, 0.717) is 23.2 Å². The van der Waals surface area contributed by atoms with Crippen molar-refractivity contribution in [3.63, 3.8) is 0 Å². The van der Waals surface area contributed by atoms with Gasteiger partial charge in [0.2, 0.25) is 0 Å². The van der Waals surface area contributed by atoms with Crippen LogP contribution < -0.4 is 5.32 Å². The molecular weight excluding hydrogens is 203 g/mol. The summed E-state index contributed by atoms with van der Waals surface area (Å²) < 4.78 is 13.2. The molecule has 0 saturated heterocycles. The molecule has 3 heteroatoms. The number of halogens is 1. The maximum absolute atomic E-state index is 13.2. The number of benzene rings is 1. The van der Waals surface area contributed by atoms with Gasteiger partial charge in [-0.1, -0.05) is 6.42 Å². The lowest BCUT2D eigenvalue weighted by Crippen LogP contribution is -2.30. The van der Waals surface area contributed by atoms with Crippen LogP contribution in [0.15, 0.2) is 18.2 Å². The van der Waals surface area contributed by atoms with Gasteiger partial charge in [0.05, 0.1) is 11.6 Å². The van der Waals surface area contributed by atoms with Crippen LogP contribution in [-0.4, -0.2) is 6.04 Å². The Morgan fingerprint density at radius 2 is 2.19 bits per heavy atom. The van der Waals surface area contributed by atoms with E-state index in [0.717, 1.165) is 0 Å². The first-order valence-corrected chi connectivity index (χ1v) is 5.66. The van der Waals surface area contributed by atoms with E-state index in [9.17, 15) is 4.39 Å². The highest BCUT2D eigenvalue weighted by Gasteiger charge is 2.23. The van der Waals surface area contributed by atoms with Gasteiger partial charge in [-0.25, -0.2) is 4.39 Å². The van der Waals surface area contributed by atoms with E-state index >= 15 is 0 Å². The average Bonchev–Trinajstić information content (AvgIpc) is 2.13. The van der Waals surface area contributed by atoms with E-state index in [1.54, 1.807) is 6.07 Å². The minimum Gasteiger partial charge on any atom is -0.382 e. The van der Waals surface area contributed by atoms with Crippen LogP contribution in [0, 0.1) is 23.1 Å². The van der Waals surface area contributed by atoms with Gasteiger partial charge in [-0.3, -0.25) is 0 Å². The molecule has 1 atom stereocenters. The monoisotopic (exact) mass is 218 g/mol. The van der Waals surface area contributed by atoms with E-state index < -0.39 is 0 Å². The Labute approximate surface area is 95.1 Å². The van der Waals surface area contributed by atoms with Crippen LogP contribution in [0.25, 0.3) is 0 Å². The van der Waals surface area contributed by atoms with Crippen molar-refractivity contribution in [1.29, 1.82) is 5.26 Å². The molecule has 2 rings (SSSR count). The van der Waals surface area contributed by atoms with Gasteiger partial charge >= 0.3 is 0 Å². The normalized spacial score (nSPS) is 17.3. The third-order valence-electron chi connectivity index (χ3n) is 3.28. The zero-order chi connectivity index (χ0) is 11.5. The van der Waals surface area contributed by atoms with Crippen LogP contribution in [0.3, 0.4) is 0 Å². The molecule has 1 unspecified atom stereocenters. The summed E-state index contributed by atoms with van der Waals surface area (Å²) in [6.07, 6.45) is 3.78. The molecule has 0 spiro atoms. The first kappa shape index (κ1) is 10.9. The molecule has 1 fully saturated rings. The van der Waals surface area contributed by atoms with Crippen molar-refractivity contribution in [3.05, 3.63) is 29.6 Å². The summed E-state index contributed by atoms with van der Waals surface area (Å²) in [6, 6.07) is 6.69. The van der Waals surface area contributed by atoms with E-state index in [4.69, 9.17) is 5.26 Å². The van der Waals surface area contributed by atoms with Crippen LogP contribution >= 0.6 is 0 Å². The predicted molar refractivity (Wildman–Crippen MR) is 61.5 cm³/mol. The molecule has 0 aliphatic heterocycles. The summed E-state index contributed by atoms with van der Waals surface area (Å²) in [6.45, 7) is 2.11. The van der Waals surface area contributed by atoms with E-state index in [1.807, 2.05) is 6.07 Å². The summed E-state index contributed by atoms with van der Waals surface area (Å²) in [5, 5.41) is 12.0. The molecule has 2 nitrogen and oxygen atoms in total. The Morgan fingerprint density at radius 1 is 1.44 bits per heavy atom. The molecule has 1 aromatic carbocycles. The Balaban J connectivity index is 2.08. The van der Waals surface area contributed by atoms with Crippen molar-refractivity contribution in [2.75, 3.05) is 5.32 Å². The summed E-state index contributed by atoms with van der Waals surface area (Å²) in [7, 11) is 0. The summed E-state index contributed by atoms with van der Waals surface area (Å²) in [5.74, 6) is 0.330. The molecule has 1 saturated carbocycles. The van der Waals surface area contributed by atoms with Gasteiger partial charge < -0.3 is 5.32 Å². The maximum Gasteiger partial charge on any atom is 0.126 e. The number of nitrogens with zero attached hydrogens (tertiary/aromatic N) is 1. The number of anilines is 1. The van der Waals surface area contributed by atoms with Gasteiger partial charge in [0, 0.05) is 11.7 Å². The summed E-state index contributed by atoms with van der Waals surface area (Å²) in [4.78, 5) is 0. The molecule has 0 bridgehead atoms. The fraction of sp³-hybridized carbons (Fsp3) is 0.462. The minimum absolute atomic E-state index is 0.349. The van der Waals surface area contributed by atoms with Crippen LogP contribution in [0.5, 0.6) is 0 Å². The molecule has 0 radical (unpaired) electrons. The minimum atomic E-state index is -0.359. The third kappa shape index (κ3) is 2.33. The van der Waals surface area contributed by atoms with Crippen molar-refractivity contribution >= 4 is 5.69 Å². The van der Waals surface area contributed by atoms with Crippen LogP contribution in [0.4, 0.5) is 10.1 Å². The standard InChI is InChI=1S/C13H15FN2/c1-9(11-3-2-4-11)16-13-6-10(8-15)5-12(14)7-13/h5-7,9,11,16H,2-4H2,1H3. The second-order valence-corrected chi connectivity index (χ2v) is 4.46. The molecule has 1 aliphatic rings. The Hall–Kier alpha value is -1.56. The predicted octanol–water partition coefficient (Wildman–Crippen LogP) is 3.30. The number of hydrogen-bond acceptors (Lipinski definition) is 2. The van der Waals surface area contributed by atoms with Gasteiger partial charge in [0.1, 0.15) is 5.82 Å². The number of hydrogen-bond donors (Lipinski definition) is 1. The number of nitrogens with one attached hydrogen (secondary N) is 1. The highest BCUT2D eigenvalue weighted by atomic mass is 19.1. The van der Waals surface area contributed by atoms with Gasteiger partial charge in [0.15, 0.2) is 0 Å². The maximum atomic E-state index is 13.2. The summed E-state index contributed by atoms with van der Waals surface area (Å²) in [5.41, 5.74) is 1.07. The lowest BCUT2D eigenvalue weighted by Gasteiger charge is -2.32. The fourth-order valence-corrected chi connectivity index (χ4v) is 2.06. The number of rotatable bonds is 3. The molecule has 0 heterocycles. The molecule has 0 aromatic heterocycles. The van der Waals surface area contributed by atoms with Crippen LogP contribution in [-0.2, 0) is 0 Å². The van der Waals surface area contributed by atoms with Crippen LogP contribution in [0.1, 0.15) is 31.7 Å². The Bertz CT molecular complexity index is 418. The van der Waals surface area contributed by atoms with Crippen molar-refractivity contribution in [3.8, 4) is 6.07 Å². The van der Waals surface area contributed by atoms with E-state index in [2.05, 4.69) is 12.2 Å². The third-order valence-corrected chi connectivity index (χ3v) is 3.28. The second kappa shape index (κ2) is 4.52. The van der Waals surface area contributed by atoms with Crippen molar-refractivity contribution in [1.82, 2.24) is 0 Å². The molecule has 1 aliphatic carbocycles. The Kier molecular flexibility index (Phi) is 3.09. The number of nitriles is 1. The van der Waals surface area contributed by atoms with Crippen molar-refractivity contribution in [2.45, 2.75) is 32.2 Å². The van der Waals surface area contributed by atoms with Gasteiger partial charge in [-0.2, -0.15) is 5.26 Å². The topological polar surface area (TPSA) is 35.8 Å². The van der Waals surface area contributed by atoms with Gasteiger partial charge in [-0.15, -0.1) is 0 Å². The zero-order valence-corrected chi connectivity index (χ0v) is 9.33. The molecule has 84 valence electrons.